The van der Waals surface area contributed by atoms with Gasteiger partial charge < -0.3 is 0 Å². The van der Waals surface area contributed by atoms with Crippen LogP contribution < -0.4 is 0 Å². The number of rotatable bonds is 0. The molecular weight excluding hydrogens is 295 g/mol. The molecule has 0 aromatic carbocycles. The number of ketones is 1. The van der Waals surface area contributed by atoms with E-state index in [9.17, 15) is 4.79 Å². The van der Waals surface area contributed by atoms with Gasteiger partial charge in [-0.05, 0) is 36.8 Å². The number of carbonyl (C=O) groups excluding carboxylic acids is 1. The molecule has 0 bridgehead atoms. The van der Waals surface area contributed by atoms with Crippen LogP contribution in [0.25, 0.3) is 0 Å². The molecule has 3 rings (SSSR count). The van der Waals surface area contributed by atoms with Gasteiger partial charge in [0.05, 0.1) is 5.69 Å². The Morgan fingerprint density at radius 3 is 2.50 bits per heavy atom. The Hall–Kier alpha value is -0.670. The topological polar surface area (TPSA) is 42.9 Å². The maximum absolute atomic E-state index is 11.8. The summed E-state index contributed by atoms with van der Waals surface area (Å²) in [6.07, 6.45) is 3.35. The number of Topliss-reactive ketones (excluding diaryl/α,β-unsaturated/α-hetero) is 1. The van der Waals surface area contributed by atoms with Crippen LogP contribution in [0.4, 0.5) is 0 Å². The molecule has 0 radical (unpaired) electrons. The highest BCUT2D eigenvalue weighted by atomic mass is 35.5. The molecule has 0 amide bonds. The molecule has 0 saturated heterocycles. The van der Waals surface area contributed by atoms with Crippen LogP contribution in [0.1, 0.15) is 57.2 Å². The number of aromatic nitrogens is 2. The Labute approximate surface area is 130 Å². The third kappa shape index (κ3) is 2.71. The van der Waals surface area contributed by atoms with Gasteiger partial charge in [-0.25, -0.2) is 9.97 Å². The largest absolute Gasteiger partial charge is 0.299 e. The van der Waals surface area contributed by atoms with E-state index in [1.165, 1.54) is 0 Å². The van der Waals surface area contributed by atoms with Crippen molar-refractivity contribution in [2.24, 2.45) is 11.8 Å². The fourth-order valence-electron chi connectivity index (χ4n) is 3.41. The molecule has 0 aliphatic heterocycles. The summed E-state index contributed by atoms with van der Waals surface area (Å²) in [5.41, 5.74) is 2.01. The molecule has 5 heteroatoms. The minimum absolute atomic E-state index is 0.129. The van der Waals surface area contributed by atoms with Crippen molar-refractivity contribution in [2.75, 3.05) is 0 Å². The van der Waals surface area contributed by atoms with E-state index in [-0.39, 0.29) is 11.2 Å². The van der Waals surface area contributed by atoms with Crippen LogP contribution in [0, 0.1) is 11.8 Å². The Balaban J connectivity index is 0.000000704. The zero-order valence-corrected chi connectivity index (χ0v) is 13.6. The summed E-state index contributed by atoms with van der Waals surface area (Å²) in [6, 6.07) is 0. The third-order valence-corrected chi connectivity index (χ3v) is 4.89. The standard InChI is InChI=1S/C13H14Cl2N2O.C2H6/c1-6-7-2-3-9-11(8(7)4-5-10(6)18)16-13(15)17-12(9)14;1-2/h6-8H,2-5H2,1H3;1-2H3. The summed E-state index contributed by atoms with van der Waals surface area (Å²) >= 11 is 12.0. The van der Waals surface area contributed by atoms with Crippen LogP contribution in [-0.2, 0) is 11.2 Å². The van der Waals surface area contributed by atoms with Crippen LogP contribution in [0.5, 0.6) is 0 Å². The van der Waals surface area contributed by atoms with E-state index in [0.717, 1.165) is 30.5 Å². The van der Waals surface area contributed by atoms with Gasteiger partial charge in [-0.2, -0.15) is 0 Å². The lowest BCUT2D eigenvalue weighted by molar-refractivity contribution is -0.126. The van der Waals surface area contributed by atoms with Crippen LogP contribution in [0.15, 0.2) is 0 Å². The highest BCUT2D eigenvalue weighted by molar-refractivity contribution is 6.32. The number of fused-ring (bicyclic) bond motifs is 3. The van der Waals surface area contributed by atoms with E-state index in [0.29, 0.717) is 29.2 Å². The molecule has 0 spiro atoms. The first-order valence-electron chi connectivity index (χ1n) is 7.32. The number of hydrogen-bond acceptors (Lipinski definition) is 3. The number of halogens is 2. The Kier molecular flexibility index (Phi) is 5.03. The first-order valence-corrected chi connectivity index (χ1v) is 8.08. The van der Waals surface area contributed by atoms with Gasteiger partial charge in [-0.15, -0.1) is 0 Å². The molecule has 1 heterocycles. The van der Waals surface area contributed by atoms with Gasteiger partial charge in [0.15, 0.2) is 0 Å². The summed E-state index contributed by atoms with van der Waals surface area (Å²) < 4.78 is 0. The lowest BCUT2D eigenvalue weighted by Gasteiger charge is -2.39. The number of hydrogen-bond donors (Lipinski definition) is 0. The summed E-state index contributed by atoms with van der Waals surface area (Å²) in [4.78, 5) is 20.2. The Morgan fingerprint density at radius 2 is 1.80 bits per heavy atom. The van der Waals surface area contributed by atoms with Gasteiger partial charge in [-0.3, -0.25) is 4.79 Å². The molecule has 1 fully saturated rings. The highest BCUT2D eigenvalue weighted by Gasteiger charge is 2.41. The number of carbonyl (C=O) groups is 1. The normalized spacial score (nSPS) is 28.1. The van der Waals surface area contributed by atoms with E-state index in [4.69, 9.17) is 23.2 Å². The molecule has 3 unspecified atom stereocenters. The fourth-order valence-corrected chi connectivity index (χ4v) is 3.90. The molecule has 20 heavy (non-hydrogen) atoms. The van der Waals surface area contributed by atoms with Crippen molar-refractivity contribution >= 4 is 29.0 Å². The monoisotopic (exact) mass is 314 g/mol. The first kappa shape index (κ1) is 15.7. The van der Waals surface area contributed by atoms with Gasteiger partial charge in [0.1, 0.15) is 10.9 Å². The van der Waals surface area contributed by atoms with Gasteiger partial charge >= 0.3 is 0 Å². The predicted octanol–water partition coefficient (Wildman–Crippen LogP) is 4.45. The third-order valence-electron chi connectivity index (χ3n) is 4.41. The van der Waals surface area contributed by atoms with E-state index in [2.05, 4.69) is 9.97 Å². The van der Waals surface area contributed by atoms with Crippen LogP contribution >= 0.6 is 23.2 Å². The van der Waals surface area contributed by atoms with Crippen LogP contribution in [-0.4, -0.2) is 15.8 Å². The first-order chi connectivity index (χ1) is 9.58. The molecule has 1 aromatic rings. The van der Waals surface area contributed by atoms with Crippen molar-refractivity contribution in [3.63, 3.8) is 0 Å². The minimum Gasteiger partial charge on any atom is -0.299 e. The Morgan fingerprint density at radius 1 is 1.10 bits per heavy atom. The van der Waals surface area contributed by atoms with Crippen LogP contribution in [0.2, 0.25) is 10.4 Å². The van der Waals surface area contributed by atoms with Crippen molar-refractivity contribution in [1.82, 2.24) is 9.97 Å². The average molecular weight is 315 g/mol. The zero-order valence-electron chi connectivity index (χ0n) is 12.1. The predicted molar refractivity (Wildman–Crippen MR) is 81.4 cm³/mol. The molecule has 1 aromatic heterocycles. The quantitative estimate of drug-likeness (QED) is 0.524. The lowest BCUT2D eigenvalue weighted by Crippen LogP contribution is -2.36. The van der Waals surface area contributed by atoms with E-state index < -0.39 is 0 Å². The van der Waals surface area contributed by atoms with Crippen molar-refractivity contribution in [3.8, 4) is 0 Å². The SMILES string of the molecule is CC.CC1C(=O)CCC2c3nc(Cl)nc(Cl)c3CCC12. The molecule has 0 N–H and O–H groups in total. The van der Waals surface area contributed by atoms with E-state index in [1.54, 1.807) is 0 Å². The minimum atomic E-state index is 0.129. The number of nitrogens with zero attached hydrogens (tertiary/aromatic N) is 2. The van der Waals surface area contributed by atoms with Crippen molar-refractivity contribution in [3.05, 3.63) is 21.7 Å². The molecular formula is C15H20Cl2N2O. The summed E-state index contributed by atoms with van der Waals surface area (Å²) in [7, 11) is 0. The average Bonchev–Trinajstić information content (AvgIpc) is 2.44. The van der Waals surface area contributed by atoms with Gasteiger partial charge in [0.2, 0.25) is 5.28 Å². The van der Waals surface area contributed by atoms with E-state index in [1.807, 2.05) is 20.8 Å². The van der Waals surface area contributed by atoms with Gasteiger partial charge in [0.25, 0.3) is 0 Å². The van der Waals surface area contributed by atoms with Gasteiger partial charge in [-0.1, -0.05) is 32.4 Å². The molecule has 1 saturated carbocycles. The van der Waals surface area contributed by atoms with Gasteiger partial charge in [0, 0.05) is 23.8 Å². The van der Waals surface area contributed by atoms with E-state index >= 15 is 0 Å². The second-order valence-corrected chi connectivity index (χ2v) is 5.95. The molecule has 3 nitrogen and oxygen atoms in total. The molecule has 2 aliphatic carbocycles. The fraction of sp³-hybridized carbons (Fsp3) is 0.667. The smallest absolute Gasteiger partial charge is 0.224 e. The Bertz CT molecular complexity index is 519. The molecule has 110 valence electrons. The molecule has 3 atom stereocenters. The highest BCUT2D eigenvalue weighted by Crippen LogP contribution is 2.47. The maximum Gasteiger partial charge on any atom is 0.224 e. The second kappa shape index (κ2) is 6.40. The van der Waals surface area contributed by atoms with Crippen molar-refractivity contribution in [2.45, 2.75) is 52.4 Å². The zero-order chi connectivity index (χ0) is 14.9. The van der Waals surface area contributed by atoms with Crippen molar-refractivity contribution < 1.29 is 4.79 Å². The summed E-state index contributed by atoms with van der Waals surface area (Å²) in [5.74, 6) is 1.22. The summed E-state index contributed by atoms with van der Waals surface area (Å²) in [5, 5.41) is 0.692. The second-order valence-electron chi connectivity index (χ2n) is 5.25. The summed E-state index contributed by atoms with van der Waals surface area (Å²) in [6.45, 7) is 6.04. The maximum atomic E-state index is 11.8. The molecule has 2 aliphatic rings. The van der Waals surface area contributed by atoms with Crippen molar-refractivity contribution in [1.29, 1.82) is 0 Å². The van der Waals surface area contributed by atoms with Crippen LogP contribution in [0.3, 0.4) is 0 Å². The lowest BCUT2D eigenvalue weighted by atomic mass is 9.65.